The summed E-state index contributed by atoms with van der Waals surface area (Å²) < 4.78 is 19.0. The molecule has 4 rings (SSSR count). The number of hydrogen-bond donors (Lipinski definition) is 0. The number of rotatable bonds is 3. The fourth-order valence-corrected chi connectivity index (χ4v) is 3.01. The van der Waals surface area contributed by atoms with Gasteiger partial charge in [-0.15, -0.1) is 0 Å². The molecule has 2 heterocycles. The molecule has 4 heteroatoms. The number of halogens is 1. The Hall–Kier alpha value is -2.88. The molecule has 0 fully saturated rings. The van der Waals surface area contributed by atoms with Gasteiger partial charge in [0.2, 0.25) is 0 Å². The molecule has 0 saturated heterocycles. The van der Waals surface area contributed by atoms with Gasteiger partial charge in [-0.2, -0.15) is 5.10 Å². The monoisotopic (exact) mass is 320 g/mol. The summed E-state index contributed by atoms with van der Waals surface area (Å²) in [5.74, 6) is 1.42. The Labute approximate surface area is 140 Å². The predicted octanol–water partition coefficient (Wildman–Crippen LogP) is 5.08. The topological polar surface area (TPSA) is 28.7 Å². The van der Waals surface area contributed by atoms with E-state index >= 15 is 0 Å². The first-order valence-electron chi connectivity index (χ1n) is 7.95. The van der Waals surface area contributed by atoms with Crippen LogP contribution >= 0.6 is 0 Å². The van der Waals surface area contributed by atoms with Crippen LogP contribution in [0.15, 0.2) is 76.2 Å². The van der Waals surface area contributed by atoms with Crippen LogP contribution in [0.2, 0.25) is 0 Å². The van der Waals surface area contributed by atoms with Crippen LogP contribution in [-0.4, -0.2) is 5.71 Å². The number of hydrazone groups is 1. The zero-order chi connectivity index (χ0) is 16.5. The lowest BCUT2D eigenvalue weighted by molar-refractivity contribution is 0.524. The lowest BCUT2D eigenvalue weighted by atomic mass is 10.0. The van der Waals surface area contributed by atoms with Gasteiger partial charge < -0.3 is 4.42 Å². The number of aryl methyl sites for hydroxylation is 1. The van der Waals surface area contributed by atoms with Crippen LogP contribution < -0.4 is 5.01 Å². The number of anilines is 1. The molecule has 3 nitrogen and oxygen atoms in total. The normalized spacial score (nSPS) is 17.2. The van der Waals surface area contributed by atoms with E-state index in [9.17, 15) is 4.39 Å². The zero-order valence-electron chi connectivity index (χ0n) is 13.3. The molecule has 0 spiro atoms. The van der Waals surface area contributed by atoms with Crippen LogP contribution in [0.3, 0.4) is 0 Å². The van der Waals surface area contributed by atoms with E-state index in [1.165, 1.54) is 12.1 Å². The third kappa shape index (κ3) is 2.71. The Kier molecular flexibility index (Phi) is 3.65. The maximum Gasteiger partial charge on any atom is 0.150 e. The maximum atomic E-state index is 13.3. The Balaban J connectivity index is 1.74. The van der Waals surface area contributed by atoms with Gasteiger partial charge in [0.1, 0.15) is 23.0 Å². The molecule has 1 aromatic heterocycles. The van der Waals surface area contributed by atoms with Crippen molar-refractivity contribution in [3.63, 3.8) is 0 Å². The number of benzene rings is 2. The maximum absolute atomic E-state index is 13.3. The molecular formula is C20H17FN2O. The van der Waals surface area contributed by atoms with Crippen molar-refractivity contribution in [2.24, 2.45) is 5.10 Å². The van der Waals surface area contributed by atoms with Crippen molar-refractivity contribution in [1.82, 2.24) is 0 Å². The molecule has 1 aliphatic rings. The summed E-state index contributed by atoms with van der Waals surface area (Å²) in [6.45, 7) is 1.92. The minimum Gasteiger partial charge on any atom is -0.460 e. The van der Waals surface area contributed by atoms with E-state index in [1.807, 2.05) is 66.5 Å². The molecule has 0 bridgehead atoms. The van der Waals surface area contributed by atoms with Crippen molar-refractivity contribution in [2.75, 3.05) is 5.01 Å². The Morgan fingerprint density at radius 1 is 1.00 bits per heavy atom. The molecule has 0 N–H and O–H groups in total. The van der Waals surface area contributed by atoms with Gasteiger partial charge in [-0.05, 0) is 48.9 Å². The molecule has 0 radical (unpaired) electrons. The molecule has 2 aromatic carbocycles. The van der Waals surface area contributed by atoms with E-state index < -0.39 is 0 Å². The van der Waals surface area contributed by atoms with Crippen molar-refractivity contribution in [2.45, 2.75) is 19.4 Å². The summed E-state index contributed by atoms with van der Waals surface area (Å²) in [4.78, 5) is 0. The molecule has 0 amide bonds. The molecule has 0 aliphatic carbocycles. The van der Waals surface area contributed by atoms with E-state index in [2.05, 4.69) is 0 Å². The summed E-state index contributed by atoms with van der Waals surface area (Å²) >= 11 is 0. The van der Waals surface area contributed by atoms with E-state index in [0.717, 1.165) is 28.5 Å². The molecule has 1 aliphatic heterocycles. The summed E-state index contributed by atoms with van der Waals surface area (Å²) in [5, 5.41) is 6.77. The minimum absolute atomic E-state index is 0.0217. The van der Waals surface area contributed by atoms with Gasteiger partial charge in [-0.1, -0.05) is 30.3 Å². The first kappa shape index (κ1) is 14.7. The number of hydrogen-bond acceptors (Lipinski definition) is 3. The Bertz CT molecular complexity index is 868. The minimum atomic E-state index is -0.231. The first-order valence-corrected chi connectivity index (χ1v) is 7.95. The van der Waals surface area contributed by atoms with Crippen LogP contribution in [0.25, 0.3) is 0 Å². The first-order chi connectivity index (χ1) is 11.7. The average Bonchev–Trinajstić information content (AvgIpc) is 3.23. The molecule has 3 aromatic rings. The fourth-order valence-electron chi connectivity index (χ4n) is 3.01. The fraction of sp³-hybridized carbons (Fsp3) is 0.150. The highest BCUT2D eigenvalue weighted by Crippen LogP contribution is 2.36. The average molecular weight is 320 g/mol. The standard InChI is InChI=1S/C20H17FN2O/c1-14-7-12-20(24-14)18-13-19(15-8-10-16(21)11-9-15)23(22-18)17-5-3-2-4-6-17/h2-12,19H,13H2,1H3. The largest absolute Gasteiger partial charge is 0.460 e. The lowest BCUT2D eigenvalue weighted by Crippen LogP contribution is -2.18. The van der Waals surface area contributed by atoms with Crippen LogP contribution in [0, 0.1) is 12.7 Å². The summed E-state index contributed by atoms with van der Waals surface area (Å²) in [6, 6.07) is 20.5. The van der Waals surface area contributed by atoms with Gasteiger partial charge in [0.15, 0.2) is 0 Å². The highest BCUT2D eigenvalue weighted by Gasteiger charge is 2.31. The quantitative estimate of drug-likeness (QED) is 0.673. The van der Waals surface area contributed by atoms with E-state index in [1.54, 1.807) is 0 Å². The highest BCUT2D eigenvalue weighted by atomic mass is 19.1. The lowest BCUT2D eigenvalue weighted by Gasteiger charge is -2.23. The Morgan fingerprint density at radius 2 is 1.75 bits per heavy atom. The number of para-hydroxylation sites is 1. The van der Waals surface area contributed by atoms with Gasteiger partial charge in [-0.25, -0.2) is 4.39 Å². The summed E-state index contributed by atoms with van der Waals surface area (Å²) in [7, 11) is 0. The van der Waals surface area contributed by atoms with Crippen LogP contribution in [0.4, 0.5) is 10.1 Å². The second-order valence-corrected chi connectivity index (χ2v) is 5.91. The second kappa shape index (κ2) is 5.96. The van der Waals surface area contributed by atoms with Crippen molar-refractivity contribution in [3.8, 4) is 0 Å². The van der Waals surface area contributed by atoms with Crippen molar-refractivity contribution in [3.05, 3.63) is 89.6 Å². The van der Waals surface area contributed by atoms with Gasteiger partial charge in [-0.3, -0.25) is 5.01 Å². The van der Waals surface area contributed by atoms with Gasteiger partial charge in [0.25, 0.3) is 0 Å². The predicted molar refractivity (Wildman–Crippen MR) is 92.7 cm³/mol. The molecule has 1 unspecified atom stereocenters. The van der Waals surface area contributed by atoms with E-state index in [0.29, 0.717) is 6.42 Å². The molecular weight excluding hydrogens is 303 g/mol. The van der Waals surface area contributed by atoms with Crippen LogP contribution in [0.1, 0.15) is 29.5 Å². The van der Waals surface area contributed by atoms with E-state index in [-0.39, 0.29) is 11.9 Å². The van der Waals surface area contributed by atoms with Crippen molar-refractivity contribution < 1.29 is 8.81 Å². The third-order valence-corrected chi connectivity index (χ3v) is 4.21. The zero-order valence-corrected chi connectivity index (χ0v) is 13.3. The SMILES string of the molecule is Cc1ccc(C2=NN(c3ccccc3)C(c3ccc(F)cc3)C2)o1. The van der Waals surface area contributed by atoms with E-state index in [4.69, 9.17) is 9.52 Å². The van der Waals surface area contributed by atoms with Crippen LogP contribution in [0.5, 0.6) is 0 Å². The molecule has 1 atom stereocenters. The number of furan rings is 1. The third-order valence-electron chi connectivity index (χ3n) is 4.21. The van der Waals surface area contributed by atoms with Crippen molar-refractivity contribution in [1.29, 1.82) is 0 Å². The summed E-state index contributed by atoms with van der Waals surface area (Å²) in [5.41, 5.74) is 2.94. The summed E-state index contributed by atoms with van der Waals surface area (Å²) in [6.07, 6.45) is 0.716. The smallest absolute Gasteiger partial charge is 0.150 e. The van der Waals surface area contributed by atoms with Crippen LogP contribution in [-0.2, 0) is 0 Å². The number of nitrogens with zero attached hydrogens (tertiary/aromatic N) is 2. The Morgan fingerprint density at radius 3 is 2.42 bits per heavy atom. The molecule has 0 saturated carbocycles. The molecule has 24 heavy (non-hydrogen) atoms. The molecule has 120 valence electrons. The van der Waals surface area contributed by atoms with Gasteiger partial charge >= 0.3 is 0 Å². The van der Waals surface area contributed by atoms with Crippen molar-refractivity contribution >= 4 is 11.4 Å². The second-order valence-electron chi connectivity index (χ2n) is 5.91. The van der Waals surface area contributed by atoms with Gasteiger partial charge in [0, 0.05) is 6.42 Å². The van der Waals surface area contributed by atoms with Gasteiger partial charge in [0.05, 0.1) is 11.7 Å². The highest BCUT2D eigenvalue weighted by molar-refractivity contribution is 6.01.